The second-order valence-corrected chi connectivity index (χ2v) is 10.3. The van der Waals surface area contributed by atoms with Crippen molar-refractivity contribution in [1.29, 1.82) is 0 Å². The van der Waals surface area contributed by atoms with Crippen molar-refractivity contribution in [3.8, 4) is 0 Å². The lowest BCUT2D eigenvalue weighted by atomic mass is 9.87. The normalized spacial score (nSPS) is 21.2. The largest absolute Gasteiger partial charge is 0.306 e. The highest BCUT2D eigenvalue weighted by Crippen LogP contribution is 2.44. The molecule has 0 spiro atoms. The van der Waals surface area contributed by atoms with Crippen LogP contribution in [0, 0.1) is 18.8 Å². The average Bonchev–Trinajstić information content (AvgIpc) is 3.64. The lowest BCUT2D eigenvalue weighted by Gasteiger charge is -2.29. The van der Waals surface area contributed by atoms with Gasteiger partial charge in [-0.05, 0) is 91.9 Å². The summed E-state index contributed by atoms with van der Waals surface area (Å²) in [5, 5.41) is 0. The molecule has 6 heteroatoms. The standard InChI is InChI=1S/C29H34FN3OS/c1-5-9-28(20(4)30)35-32-27-13-8-11-22-14-15-24(17-25(22)27)33(29(34)26-16-21(26)6-2)18-23-12-7-10-19(3)31-23/h5,7,9-10,12,14-15,17,21,26-27,32H,1,4,6,8,11,13,16,18H2,2-3H3/b28-9+/t21-,26-,27?/m0/s1. The Morgan fingerprint density at radius 3 is 2.86 bits per heavy atom. The van der Waals surface area contributed by atoms with E-state index in [0.29, 0.717) is 17.4 Å². The van der Waals surface area contributed by atoms with Gasteiger partial charge in [0.2, 0.25) is 5.91 Å². The third kappa shape index (κ3) is 6.11. The van der Waals surface area contributed by atoms with Crippen molar-refractivity contribution < 1.29 is 9.18 Å². The van der Waals surface area contributed by atoms with Crippen LogP contribution in [0.3, 0.4) is 0 Å². The molecule has 4 rings (SSSR count). The Bertz CT molecular complexity index is 1140. The first-order chi connectivity index (χ1) is 16.9. The lowest BCUT2D eigenvalue weighted by Crippen LogP contribution is -2.33. The quantitative estimate of drug-likeness (QED) is 0.283. The SMILES string of the molecule is C=C/C=C(/SNC1CCCc2ccc(N(Cc3cccc(C)n3)C(=O)[C@H]3C[C@@H]3CC)cc21)C(=C)F. The van der Waals surface area contributed by atoms with Crippen LogP contribution < -0.4 is 9.62 Å². The Hall–Kier alpha value is -2.70. The summed E-state index contributed by atoms with van der Waals surface area (Å²) in [6, 6.07) is 12.3. The first kappa shape index (κ1) is 25.4. The molecule has 2 aliphatic rings. The molecule has 4 nitrogen and oxygen atoms in total. The molecule has 1 saturated carbocycles. The second kappa shape index (κ2) is 11.4. The van der Waals surface area contributed by atoms with Crippen molar-refractivity contribution in [3.63, 3.8) is 0 Å². The van der Waals surface area contributed by atoms with Gasteiger partial charge in [0.1, 0.15) is 5.83 Å². The molecular formula is C29H34FN3OS. The summed E-state index contributed by atoms with van der Waals surface area (Å²) in [7, 11) is 0. The summed E-state index contributed by atoms with van der Waals surface area (Å²) in [4.78, 5) is 20.6. The van der Waals surface area contributed by atoms with Crippen molar-refractivity contribution >= 4 is 23.5 Å². The molecule has 0 radical (unpaired) electrons. The highest BCUT2D eigenvalue weighted by Gasteiger charge is 2.44. The molecule has 1 fully saturated rings. The topological polar surface area (TPSA) is 45.2 Å². The number of pyridine rings is 1. The van der Waals surface area contributed by atoms with Gasteiger partial charge in [0, 0.05) is 23.3 Å². The van der Waals surface area contributed by atoms with Crippen LogP contribution in [0.1, 0.15) is 61.2 Å². The molecule has 3 atom stereocenters. The predicted molar refractivity (Wildman–Crippen MR) is 143 cm³/mol. The number of benzene rings is 1. The number of nitrogens with zero attached hydrogens (tertiary/aromatic N) is 2. The fourth-order valence-corrected chi connectivity index (χ4v) is 5.63. The molecule has 184 valence electrons. The number of aryl methyl sites for hydroxylation is 2. The van der Waals surface area contributed by atoms with E-state index >= 15 is 0 Å². The molecule has 1 unspecified atom stereocenters. The number of halogens is 1. The molecule has 1 aromatic heterocycles. The molecule has 0 saturated heterocycles. The summed E-state index contributed by atoms with van der Waals surface area (Å²) in [6.07, 6.45) is 8.17. The van der Waals surface area contributed by atoms with Gasteiger partial charge in [0.25, 0.3) is 0 Å². The number of hydrogen-bond acceptors (Lipinski definition) is 4. The molecule has 35 heavy (non-hydrogen) atoms. The highest BCUT2D eigenvalue weighted by molar-refractivity contribution is 8.01. The number of hydrogen-bond donors (Lipinski definition) is 1. The van der Waals surface area contributed by atoms with Crippen molar-refractivity contribution in [1.82, 2.24) is 9.71 Å². The van der Waals surface area contributed by atoms with Crippen LogP contribution >= 0.6 is 11.9 Å². The van der Waals surface area contributed by atoms with Crippen LogP contribution in [0.4, 0.5) is 10.1 Å². The molecule has 1 aromatic carbocycles. The third-order valence-electron chi connectivity index (χ3n) is 6.90. The number of fused-ring (bicyclic) bond motifs is 1. The van der Waals surface area contributed by atoms with E-state index < -0.39 is 5.83 Å². The number of carbonyl (C=O) groups is 1. The summed E-state index contributed by atoms with van der Waals surface area (Å²) >= 11 is 1.24. The van der Waals surface area contributed by atoms with Gasteiger partial charge in [0.05, 0.1) is 17.1 Å². The number of nitrogens with one attached hydrogen (secondary N) is 1. The van der Waals surface area contributed by atoms with E-state index in [1.807, 2.05) is 30.0 Å². The second-order valence-electron chi connectivity index (χ2n) is 9.42. The molecule has 1 N–H and O–H groups in total. The first-order valence-electron chi connectivity index (χ1n) is 12.4. The van der Waals surface area contributed by atoms with Gasteiger partial charge < -0.3 is 4.90 Å². The van der Waals surface area contributed by atoms with Gasteiger partial charge in [-0.1, -0.05) is 44.7 Å². The zero-order valence-corrected chi connectivity index (χ0v) is 21.4. The maximum atomic E-state index is 13.8. The van der Waals surface area contributed by atoms with Crippen molar-refractivity contribution in [2.45, 2.75) is 58.5 Å². The van der Waals surface area contributed by atoms with Crippen LogP contribution in [-0.4, -0.2) is 10.9 Å². The van der Waals surface area contributed by atoms with E-state index in [4.69, 9.17) is 0 Å². The van der Waals surface area contributed by atoms with Crippen LogP contribution in [0.25, 0.3) is 0 Å². The molecule has 1 amide bonds. The summed E-state index contributed by atoms with van der Waals surface area (Å²) in [5.74, 6) is 0.263. The van der Waals surface area contributed by atoms with Crippen molar-refractivity contribution in [2.24, 2.45) is 11.8 Å². The number of amides is 1. The van der Waals surface area contributed by atoms with Crippen LogP contribution in [0.2, 0.25) is 0 Å². The molecule has 0 aliphatic heterocycles. The minimum Gasteiger partial charge on any atom is -0.306 e. The molecule has 0 bridgehead atoms. The third-order valence-corrected chi connectivity index (χ3v) is 7.88. The van der Waals surface area contributed by atoms with Gasteiger partial charge in [-0.25, -0.2) is 4.39 Å². The Morgan fingerprint density at radius 1 is 1.34 bits per heavy atom. The smallest absolute Gasteiger partial charge is 0.230 e. The summed E-state index contributed by atoms with van der Waals surface area (Å²) in [6.45, 7) is 11.7. The van der Waals surface area contributed by atoms with E-state index in [2.05, 4.69) is 48.0 Å². The maximum absolute atomic E-state index is 13.8. The van der Waals surface area contributed by atoms with Gasteiger partial charge >= 0.3 is 0 Å². The minimum atomic E-state index is -0.482. The highest BCUT2D eigenvalue weighted by atomic mass is 32.2. The monoisotopic (exact) mass is 491 g/mol. The first-order valence-corrected chi connectivity index (χ1v) is 13.2. The molecule has 2 aromatic rings. The average molecular weight is 492 g/mol. The fourth-order valence-electron chi connectivity index (χ4n) is 4.85. The van der Waals surface area contributed by atoms with Gasteiger partial charge in [-0.2, -0.15) is 0 Å². The minimum absolute atomic E-state index is 0.0506. The van der Waals surface area contributed by atoms with Gasteiger partial charge in [0.15, 0.2) is 0 Å². The van der Waals surface area contributed by atoms with Crippen LogP contribution in [0.15, 0.2) is 72.4 Å². The lowest BCUT2D eigenvalue weighted by molar-refractivity contribution is -0.120. The van der Waals surface area contributed by atoms with E-state index in [0.717, 1.165) is 49.2 Å². The van der Waals surface area contributed by atoms with E-state index in [-0.39, 0.29) is 17.9 Å². The van der Waals surface area contributed by atoms with E-state index in [1.54, 1.807) is 12.2 Å². The number of aromatic nitrogens is 1. The Kier molecular flexibility index (Phi) is 8.24. The van der Waals surface area contributed by atoms with Crippen molar-refractivity contribution in [3.05, 3.63) is 95.0 Å². The Labute approximate surface area is 212 Å². The summed E-state index contributed by atoms with van der Waals surface area (Å²) < 4.78 is 17.2. The predicted octanol–water partition coefficient (Wildman–Crippen LogP) is 7.14. The van der Waals surface area contributed by atoms with Gasteiger partial charge in [-0.15, -0.1) is 0 Å². The summed E-state index contributed by atoms with van der Waals surface area (Å²) in [5.41, 5.74) is 5.16. The van der Waals surface area contributed by atoms with E-state index in [9.17, 15) is 9.18 Å². The number of anilines is 1. The van der Waals surface area contributed by atoms with Gasteiger partial charge in [-0.3, -0.25) is 14.5 Å². The van der Waals surface area contributed by atoms with Crippen LogP contribution in [0.5, 0.6) is 0 Å². The molecular weight excluding hydrogens is 457 g/mol. The zero-order chi connectivity index (χ0) is 24.9. The molecule has 2 aliphatic carbocycles. The number of rotatable bonds is 10. The zero-order valence-electron chi connectivity index (χ0n) is 20.6. The number of carbonyl (C=O) groups excluding carboxylic acids is 1. The fraction of sp³-hybridized carbons (Fsp3) is 0.379. The maximum Gasteiger partial charge on any atom is 0.230 e. The molecule has 1 heterocycles. The Balaban J connectivity index is 1.62. The Morgan fingerprint density at radius 2 is 2.17 bits per heavy atom. The van der Waals surface area contributed by atoms with Crippen molar-refractivity contribution in [2.75, 3.05) is 4.90 Å². The van der Waals surface area contributed by atoms with Crippen LogP contribution in [-0.2, 0) is 17.8 Å². The number of allylic oxidation sites excluding steroid dienone is 3. The van der Waals surface area contributed by atoms with E-state index in [1.165, 1.54) is 23.1 Å².